The highest BCUT2D eigenvalue weighted by Crippen LogP contribution is 2.36. The van der Waals surface area contributed by atoms with E-state index in [1.807, 2.05) is 12.1 Å². The fourth-order valence-corrected chi connectivity index (χ4v) is 2.73. The zero-order chi connectivity index (χ0) is 14.1. The maximum Gasteiger partial charge on any atom is 0.298 e. The van der Waals surface area contributed by atoms with Gasteiger partial charge >= 0.3 is 0 Å². The Balaban J connectivity index is 1.95. The normalized spacial score (nSPS) is 17.2. The summed E-state index contributed by atoms with van der Waals surface area (Å²) in [4.78, 5) is 28.6. The van der Waals surface area contributed by atoms with Gasteiger partial charge in [-0.05, 0) is 42.1 Å². The van der Waals surface area contributed by atoms with Gasteiger partial charge in [0.1, 0.15) is 5.75 Å². The lowest BCUT2D eigenvalue weighted by Crippen LogP contribution is -2.27. The summed E-state index contributed by atoms with van der Waals surface area (Å²) in [7, 11) is 0. The van der Waals surface area contributed by atoms with Crippen LogP contribution in [-0.4, -0.2) is 21.2 Å². The molecular formula is C14H10N2O3S. The fourth-order valence-electron chi connectivity index (χ4n) is 1.90. The van der Waals surface area contributed by atoms with E-state index in [1.54, 1.807) is 24.4 Å². The molecule has 1 fully saturated rings. The van der Waals surface area contributed by atoms with Crippen LogP contribution in [0, 0.1) is 0 Å². The van der Waals surface area contributed by atoms with Crippen molar-refractivity contribution in [3.8, 4) is 5.75 Å². The summed E-state index contributed by atoms with van der Waals surface area (Å²) in [6, 6.07) is 9.68. The van der Waals surface area contributed by atoms with Crippen LogP contribution in [-0.2, 0) is 4.79 Å². The van der Waals surface area contributed by atoms with E-state index in [4.69, 9.17) is 0 Å². The molecule has 0 spiro atoms. The first-order valence-electron chi connectivity index (χ1n) is 5.85. The average Bonchev–Trinajstić information content (AvgIpc) is 2.99. The number of carbonyl (C=O) groups excluding carboxylic acids is 2. The number of benzene rings is 1. The molecule has 20 heavy (non-hydrogen) atoms. The highest BCUT2D eigenvalue weighted by molar-refractivity contribution is 8.19. The number of hydrogen-bond acceptors (Lipinski definition) is 4. The second-order valence-electron chi connectivity index (χ2n) is 4.16. The number of hydrogen-bond donors (Lipinski definition) is 2. The highest BCUT2D eigenvalue weighted by atomic mass is 32.2. The minimum atomic E-state index is -0.389. The van der Waals surface area contributed by atoms with Crippen LogP contribution in [0.2, 0.25) is 0 Å². The smallest absolute Gasteiger partial charge is 0.298 e. The summed E-state index contributed by atoms with van der Waals surface area (Å²) in [5.74, 6) is -0.380. The molecule has 0 saturated carbocycles. The minimum Gasteiger partial charge on any atom is -0.508 e. The van der Waals surface area contributed by atoms with Crippen LogP contribution in [0.1, 0.15) is 5.69 Å². The minimum absolute atomic E-state index is 0.00916. The van der Waals surface area contributed by atoms with Gasteiger partial charge in [0, 0.05) is 18.0 Å². The Labute approximate surface area is 118 Å². The van der Waals surface area contributed by atoms with Crippen LogP contribution in [0.5, 0.6) is 5.75 Å². The molecule has 1 aromatic carbocycles. The highest BCUT2D eigenvalue weighted by Gasteiger charge is 2.36. The number of rotatable bonds is 2. The largest absolute Gasteiger partial charge is 0.508 e. The maximum absolute atomic E-state index is 12.3. The van der Waals surface area contributed by atoms with Crippen LogP contribution >= 0.6 is 11.8 Å². The number of anilines is 1. The molecule has 2 N–H and O–H groups in total. The van der Waals surface area contributed by atoms with Gasteiger partial charge in [-0.25, -0.2) is 4.90 Å². The van der Waals surface area contributed by atoms with Gasteiger partial charge in [-0.15, -0.1) is 0 Å². The number of H-pyrrole nitrogens is 1. The number of aromatic nitrogens is 1. The van der Waals surface area contributed by atoms with Crippen LogP contribution < -0.4 is 4.90 Å². The molecule has 0 radical (unpaired) electrons. The molecule has 1 aliphatic heterocycles. The molecule has 0 atom stereocenters. The number of phenols is 1. The van der Waals surface area contributed by atoms with E-state index in [1.165, 1.54) is 12.1 Å². The number of aromatic amines is 1. The van der Waals surface area contributed by atoms with Crippen molar-refractivity contribution in [2.75, 3.05) is 4.90 Å². The molecule has 2 amide bonds. The van der Waals surface area contributed by atoms with Crippen LogP contribution in [0.3, 0.4) is 0 Å². The Morgan fingerprint density at radius 2 is 2.05 bits per heavy atom. The second kappa shape index (κ2) is 4.90. The zero-order valence-corrected chi connectivity index (χ0v) is 11.1. The van der Waals surface area contributed by atoms with Crippen molar-refractivity contribution < 1.29 is 14.7 Å². The third-order valence-electron chi connectivity index (χ3n) is 2.79. The van der Waals surface area contributed by atoms with Gasteiger partial charge in [0.25, 0.3) is 11.1 Å². The summed E-state index contributed by atoms with van der Waals surface area (Å²) in [5.41, 5.74) is 1.12. The molecule has 100 valence electrons. The van der Waals surface area contributed by atoms with Crippen LogP contribution in [0.4, 0.5) is 10.5 Å². The number of phenolic OH excluding ortho intramolecular Hbond substituents is 1. The van der Waals surface area contributed by atoms with Gasteiger partial charge in [0.05, 0.1) is 10.6 Å². The number of nitrogens with zero attached hydrogens (tertiary/aromatic N) is 1. The van der Waals surface area contributed by atoms with E-state index in [2.05, 4.69) is 4.98 Å². The predicted molar refractivity (Wildman–Crippen MR) is 77.3 cm³/mol. The number of amides is 2. The molecule has 0 aliphatic carbocycles. The molecule has 2 heterocycles. The molecule has 1 aliphatic rings. The molecule has 6 heteroatoms. The van der Waals surface area contributed by atoms with E-state index in [-0.39, 0.29) is 16.9 Å². The Kier molecular flexibility index (Phi) is 3.08. The summed E-state index contributed by atoms with van der Waals surface area (Å²) >= 11 is 0.878. The van der Waals surface area contributed by atoms with Crippen LogP contribution in [0.25, 0.3) is 6.08 Å². The number of nitrogens with one attached hydrogen (secondary N) is 1. The quantitative estimate of drug-likeness (QED) is 0.832. The predicted octanol–water partition coefficient (Wildman–Crippen LogP) is 2.96. The van der Waals surface area contributed by atoms with Gasteiger partial charge in [-0.3, -0.25) is 9.59 Å². The number of aromatic hydroxyl groups is 1. The maximum atomic E-state index is 12.3. The van der Waals surface area contributed by atoms with Crippen molar-refractivity contribution in [2.24, 2.45) is 0 Å². The van der Waals surface area contributed by atoms with E-state index < -0.39 is 0 Å². The lowest BCUT2D eigenvalue weighted by molar-refractivity contribution is -0.113. The van der Waals surface area contributed by atoms with Crippen molar-refractivity contribution in [3.63, 3.8) is 0 Å². The van der Waals surface area contributed by atoms with E-state index in [0.29, 0.717) is 10.6 Å². The van der Waals surface area contributed by atoms with Gasteiger partial charge < -0.3 is 10.1 Å². The monoisotopic (exact) mass is 286 g/mol. The zero-order valence-electron chi connectivity index (χ0n) is 10.2. The Morgan fingerprint density at radius 1 is 1.20 bits per heavy atom. The number of carbonyl (C=O) groups is 2. The lowest BCUT2D eigenvalue weighted by atomic mass is 10.2. The Morgan fingerprint density at radius 3 is 2.75 bits per heavy atom. The topological polar surface area (TPSA) is 73.4 Å². The average molecular weight is 286 g/mol. The summed E-state index contributed by atoms with van der Waals surface area (Å²) < 4.78 is 0. The Bertz CT molecular complexity index is 707. The molecule has 0 unspecified atom stereocenters. The SMILES string of the molecule is O=C1S/C(=C/c2ccc[nH]2)C(=O)N1c1cccc(O)c1. The third-order valence-corrected chi connectivity index (χ3v) is 3.66. The van der Waals surface area contributed by atoms with Crippen molar-refractivity contribution in [3.05, 3.63) is 53.2 Å². The second-order valence-corrected chi connectivity index (χ2v) is 5.16. The van der Waals surface area contributed by atoms with Gasteiger partial charge in [0.15, 0.2) is 0 Å². The first-order chi connectivity index (χ1) is 9.65. The molecule has 1 saturated heterocycles. The molecular weight excluding hydrogens is 276 g/mol. The van der Waals surface area contributed by atoms with Gasteiger partial charge in [-0.1, -0.05) is 6.07 Å². The van der Waals surface area contributed by atoms with E-state index in [9.17, 15) is 14.7 Å². The van der Waals surface area contributed by atoms with Gasteiger partial charge in [0.2, 0.25) is 0 Å². The molecule has 3 rings (SSSR count). The van der Waals surface area contributed by atoms with E-state index in [0.717, 1.165) is 22.4 Å². The molecule has 0 bridgehead atoms. The molecule has 5 nitrogen and oxygen atoms in total. The standard InChI is InChI=1S/C14H10N2O3S/c17-11-5-1-4-10(8-11)16-13(18)12(20-14(16)19)7-9-3-2-6-15-9/h1-8,15,17H/b12-7+. The fraction of sp³-hybridized carbons (Fsp3) is 0. The van der Waals surface area contributed by atoms with Crippen molar-refractivity contribution in [1.29, 1.82) is 0 Å². The van der Waals surface area contributed by atoms with E-state index >= 15 is 0 Å². The number of imide groups is 1. The summed E-state index contributed by atoms with van der Waals surface area (Å²) in [5, 5.41) is 9.07. The van der Waals surface area contributed by atoms with Crippen molar-refractivity contribution in [2.45, 2.75) is 0 Å². The lowest BCUT2D eigenvalue weighted by Gasteiger charge is -2.12. The van der Waals surface area contributed by atoms with Crippen molar-refractivity contribution in [1.82, 2.24) is 4.98 Å². The summed E-state index contributed by atoms with van der Waals surface area (Å²) in [6.45, 7) is 0. The summed E-state index contributed by atoms with van der Waals surface area (Å²) in [6.07, 6.45) is 3.37. The molecule has 2 aromatic rings. The van der Waals surface area contributed by atoms with Gasteiger partial charge in [-0.2, -0.15) is 0 Å². The first-order valence-corrected chi connectivity index (χ1v) is 6.67. The molecule has 1 aromatic heterocycles. The number of thioether (sulfide) groups is 1. The van der Waals surface area contributed by atoms with Crippen LogP contribution in [0.15, 0.2) is 47.5 Å². The first kappa shape index (κ1) is 12.6. The van der Waals surface area contributed by atoms with Crippen molar-refractivity contribution >= 4 is 34.7 Å². The third kappa shape index (κ3) is 2.21. The Hall–Kier alpha value is -2.47.